The van der Waals surface area contributed by atoms with Crippen molar-refractivity contribution in [2.75, 3.05) is 13.1 Å². The first-order valence-corrected chi connectivity index (χ1v) is 9.39. The Labute approximate surface area is 158 Å². The normalized spacial score (nSPS) is 19.3. The molecule has 3 aromatic rings. The number of benzene rings is 2. The quantitative estimate of drug-likeness (QED) is 0.699. The van der Waals surface area contributed by atoms with Crippen LogP contribution in [-0.4, -0.2) is 25.0 Å². The van der Waals surface area contributed by atoms with Crippen LogP contribution in [0.2, 0.25) is 0 Å². The predicted octanol–water partition coefficient (Wildman–Crippen LogP) is 3.74. The van der Waals surface area contributed by atoms with Crippen LogP contribution in [0.1, 0.15) is 29.7 Å². The van der Waals surface area contributed by atoms with E-state index >= 15 is 0 Å². The van der Waals surface area contributed by atoms with Gasteiger partial charge in [0.2, 0.25) is 0 Å². The fourth-order valence-corrected chi connectivity index (χ4v) is 3.50. The summed E-state index contributed by atoms with van der Waals surface area (Å²) in [6.07, 6.45) is 1.09. The lowest BCUT2D eigenvalue weighted by Gasteiger charge is -2.09. The van der Waals surface area contributed by atoms with Crippen molar-refractivity contribution in [2.24, 2.45) is 5.92 Å². The Morgan fingerprint density at radius 2 is 2.04 bits per heavy atom. The van der Waals surface area contributed by atoms with E-state index in [1.165, 1.54) is 5.39 Å². The fraction of sp³-hybridized carbons (Fsp3) is 0.318. The Bertz CT molecular complexity index is 934. The van der Waals surface area contributed by atoms with Crippen molar-refractivity contribution in [2.45, 2.75) is 26.0 Å². The summed E-state index contributed by atoms with van der Waals surface area (Å²) >= 11 is 0. The maximum atomic E-state index is 12.3. The van der Waals surface area contributed by atoms with E-state index in [0.29, 0.717) is 30.0 Å². The van der Waals surface area contributed by atoms with E-state index < -0.39 is 0 Å². The number of carbonyl (C=O) groups excluding carboxylic acids is 1. The van der Waals surface area contributed by atoms with E-state index in [1.807, 2.05) is 30.3 Å². The van der Waals surface area contributed by atoms with Gasteiger partial charge >= 0.3 is 0 Å². The number of hydrogen-bond donors (Lipinski definition) is 2. The molecule has 0 saturated carbocycles. The monoisotopic (exact) mass is 364 g/mol. The summed E-state index contributed by atoms with van der Waals surface area (Å²) in [5.41, 5.74) is 0. The lowest BCUT2D eigenvalue weighted by atomic mass is 10.1. The van der Waals surface area contributed by atoms with Gasteiger partial charge in [0.05, 0.1) is 0 Å². The van der Waals surface area contributed by atoms with Crippen molar-refractivity contribution in [1.82, 2.24) is 10.6 Å². The van der Waals surface area contributed by atoms with Gasteiger partial charge in [-0.15, -0.1) is 0 Å². The van der Waals surface area contributed by atoms with Crippen LogP contribution in [0.5, 0.6) is 5.75 Å². The zero-order valence-corrected chi connectivity index (χ0v) is 15.4. The van der Waals surface area contributed by atoms with Gasteiger partial charge in [-0.05, 0) is 60.8 Å². The average molecular weight is 364 g/mol. The number of amides is 1. The van der Waals surface area contributed by atoms with Crippen molar-refractivity contribution in [1.29, 1.82) is 0 Å². The molecule has 2 atom stereocenters. The van der Waals surface area contributed by atoms with E-state index in [4.69, 9.17) is 9.15 Å². The second kappa shape index (κ2) is 7.84. The number of rotatable bonds is 6. The summed E-state index contributed by atoms with van der Waals surface area (Å²) in [4.78, 5) is 12.3. The van der Waals surface area contributed by atoms with Crippen LogP contribution >= 0.6 is 0 Å². The fourth-order valence-electron chi connectivity index (χ4n) is 3.50. The highest BCUT2D eigenvalue weighted by molar-refractivity contribution is 5.91. The molecule has 0 radical (unpaired) electrons. The van der Waals surface area contributed by atoms with Gasteiger partial charge in [-0.25, -0.2) is 0 Å². The van der Waals surface area contributed by atoms with Gasteiger partial charge in [0.15, 0.2) is 5.76 Å². The SMILES string of the molecule is CC1CC(CNC(=O)c2ccc(COc3ccc4ccccc4c3)o2)CN1. The van der Waals surface area contributed by atoms with Crippen molar-refractivity contribution in [3.05, 3.63) is 66.1 Å². The zero-order chi connectivity index (χ0) is 18.6. The van der Waals surface area contributed by atoms with E-state index in [2.05, 4.69) is 29.7 Å². The van der Waals surface area contributed by atoms with E-state index in [1.54, 1.807) is 12.1 Å². The Morgan fingerprint density at radius 3 is 2.85 bits per heavy atom. The standard InChI is InChI=1S/C22H24N2O3/c1-15-10-16(12-23-15)13-24-22(25)21-9-8-20(27-21)14-26-19-7-6-17-4-2-3-5-18(17)11-19/h2-9,11,15-16,23H,10,12-14H2,1H3,(H,24,25). The van der Waals surface area contributed by atoms with Crippen molar-refractivity contribution < 1.29 is 13.9 Å². The van der Waals surface area contributed by atoms with E-state index in [9.17, 15) is 4.79 Å². The molecule has 4 rings (SSSR count). The first kappa shape index (κ1) is 17.6. The molecule has 1 aliphatic rings. The number of furan rings is 1. The number of nitrogens with one attached hydrogen (secondary N) is 2. The molecule has 1 aromatic heterocycles. The molecule has 2 heterocycles. The molecule has 2 unspecified atom stereocenters. The molecule has 0 bridgehead atoms. The summed E-state index contributed by atoms with van der Waals surface area (Å²) in [6.45, 7) is 4.07. The number of fused-ring (bicyclic) bond motifs is 1. The Kier molecular flexibility index (Phi) is 5.12. The first-order chi connectivity index (χ1) is 13.2. The molecule has 5 heteroatoms. The third kappa shape index (κ3) is 4.31. The predicted molar refractivity (Wildman–Crippen MR) is 105 cm³/mol. The summed E-state index contributed by atoms with van der Waals surface area (Å²) < 4.78 is 11.5. The Hall–Kier alpha value is -2.79. The van der Waals surface area contributed by atoms with Crippen LogP contribution in [0.25, 0.3) is 10.8 Å². The second-order valence-corrected chi connectivity index (χ2v) is 7.18. The van der Waals surface area contributed by atoms with Crippen LogP contribution in [0.3, 0.4) is 0 Å². The van der Waals surface area contributed by atoms with Crippen LogP contribution in [0, 0.1) is 5.92 Å². The van der Waals surface area contributed by atoms with Gasteiger partial charge in [0.1, 0.15) is 18.1 Å². The minimum atomic E-state index is -0.175. The zero-order valence-electron chi connectivity index (χ0n) is 15.4. The smallest absolute Gasteiger partial charge is 0.287 e. The lowest BCUT2D eigenvalue weighted by Crippen LogP contribution is -2.29. The van der Waals surface area contributed by atoms with Gasteiger partial charge in [-0.2, -0.15) is 0 Å². The highest BCUT2D eigenvalue weighted by Gasteiger charge is 2.21. The molecule has 0 aliphatic carbocycles. The molecule has 1 fully saturated rings. The van der Waals surface area contributed by atoms with Gasteiger partial charge in [0.25, 0.3) is 5.91 Å². The minimum absolute atomic E-state index is 0.175. The maximum Gasteiger partial charge on any atom is 0.287 e. The third-order valence-electron chi connectivity index (χ3n) is 4.98. The highest BCUT2D eigenvalue weighted by atomic mass is 16.5. The molecule has 2 N–H and O–H groups in total. The molecule has 0 spiro atoms. The van der Waals surface area contributed by atoms with Crippen molar-refractivity contribution in [3.8, 4) is 5.75 Å². The Morgan fingerprint density at radius 1 is 1.19 bits per heavy atom. The number of hydrogen-bond acceptors (Lipinski definition) is 4. The molecule has 1 saturated heterocycles. The van der Waals surface area contributed by atoms with Crippen LogP contribution in [0.15, 0.2) is 59.0 Å². The molecule has 2 aromatic carbocycles. The summed E-state index contributed by atoms with van der Waals surface area (Å²) in [5, 5.41) is 8.65. The second-order valence-electron chi connectivity index (χ2n) is 7.18. The Balaban J connectivity index is 1.31. The summed E-state index contributed by atoms with van der Waals surface area (Å²) in [7, 11) is 0. The van der Waals surface area contributed by atoms with Gasteiger partial charge < -0.3 is 19.8 Å². The number of ether oxygens (including phenoxy) is 1. The molecule has 140 valence electrons. The average Bonchev–Trinajstić information content (AvgIpc) is 3.33. The van der Waals surface area contributed by atoms with Gasteiger partial charge in [-0.1, -0.05) is 30.3 Å². The molecule has 1 aliphatic heterocycles. The molecule has 27 heavy (non-hydrogen) atoms. The van der Waals surface area contributed by atoms with Gasteiger partial charge in [0, 0.05) is 12.6 Å². The first-order valence-electron chi connectivity index (χ1n) is 9.39. The number of carbonyl (C=O) groups is 1. The summed E-state index contributed by atoms with van der Waals surface area (Å²) in [5.74, 6) is 2.04. The van der Waals surface area contributed by atoms with E-state index in [-0.39, 0.29) is 12.5 Å². The largest absolute Gasteiger partial charge is 0.486 e. The van der Waals surface area contributed by atoms with Crippen LogP contribution in [-0.2, 0) is 6.61 Å². The summed E-state index contributed by atoms with van der Waals surface area (Å²) in [6, 6.07) is 18.1. The lowest BCUT2D eigenvalue weighted by molar-refractivity contribution is 0.0916. The van der Waals surface area contributed by atoms with Crippen molar-refractivity contribution >= 4 is 16.7 Å². The highest BCUT2D eigenvalue weighted by Crippen LogP contribution is 2.22. The molecular formula is C22H24N2O3. The molecule has 5 nitrogen and oxygen atoms in total. The molecular weight excluding hydrogens is 340 g/mol. The molecule has 1 amide bonds. The third-order valence-corrected chi connectivity index (χ3v) is 4.98. The van der Waals surface area contributed by atoms with Crippen molar-refractivity contribution in [3.63, 3.8) is 0 Å². The van der Waals surface area contributed by atoms with Crippen LogP contribution < -0.4 is 15.4 Å². The minimum Gasteiger partial charge on any atom is -0.486 e. The maximum absolute atomic E-state index is 12.3. The van der Waals surface area contributed by atoms with Crippen LogP contribution in [0.4, 0.5) is 0 Å². The topological polar surface area (TPSA) is 63.5 Å². The van der Waals surface area contributed by atoms with E-state index in [0.717, 1.165) is 24.1 Å². The van der Waals surface area contributed by atoms with Gasteiger partial charge in [-0.3, -0.25) is 4.79 Å².